The summed E-state index contributed by atoms with van der Waals surface area (Å²) in [7, 11) is 0. The molecule has 0 bridgehead atoms. The van der Waals surface area contributed by atoms with Crippen LogP contribution in [0.4, 0.5) is 0 Å². The van der Waals surface area contributed by atoms with Crippen LogP contribution in [0.1, 0.15) is 20.8 Å². The number of rotatable bonds is 1. The molecule has 0 unspecified atom stereocenters. The topological polar surface area (TPSA) is 40.5 Å². The third kappa shape index (κ3) is 9.04. The van der Waals surface area contributed by atoms with Gasteiger partial charge in [0.2, 0.25) is 0 Å². The molecule has 2 N–H and O–H groups in total. The van der Waals surface area contributed by atoms with Gasteiger partial charge in [-0.15, -0.1) is 0 Å². The van der Waals surface area contributed by atoms with Gasteiger partial charge >= 0.3 is 66.3 Å². The molecule has 0 saturated carbocycles. The van der Waals surface area contributed by atoms with Gasteiger partial charge in [-0.1, -0.05) is 0 Å². The van der Waals surface area contributed by atoms with E-state index in [2.05, 4.69) is 0 Å². The molecule has 0 aliphatic heterocycles. The molecule has 0 heterocycles. The summed E-state index contributed by atoms with van der Waals surface area (Å²) >= 11 is 0.924. The van der Waals surface area contributed by atoms with Gasteiger partial charge in [-0.25, -0.2) is 0 Å². The summed E-state index contributed by atoms with van der Waals surface area (Å²) in [6, 6.07) is 0. The molecule has 0 fully saturated rings. The SMILES string of the molecule is CC(C)(C)C[P](O)(O)=[W]. The molecule has 0 amide bonds. The molecular formula is C5H13O2PW. The van der Waals surface area contributed by atoms with E-state index in [4.69, 9.17) is 9.79 Å². The van der Waals surface area contributed by atoms with E-state index in [0.717, 1.165) is 18.8 Å². The Hall–Kier alpha value is 1.04. The first-order chi connectivity index (χ1) is 3.71. The van der Waals surface area contributed by atoms with Crippen molar-refractivity contribution in [3.8, 4) is 0 Å². The Balaban J connectivity index is 3.90. The Kier molecular flexibility index (Phi) is 3.31. The fraction of sp³-hybridized carbons (Fsp3) is 1.00. The van der Waals surface area contributed by atoms with Crippen LogP contribution >= 0.6 is 5.35 Å². The van der Waals surface area contributed by atoms with E-state index >= 15 is 0 Å². The predicted octanol–water partition coefficient (Wildman–Crippen LogP) is 1.33. The van der Waals surface area contributed by atoms with Gasteiger partial charge in [-0.2, -0.15) is 0 Å². The summed E-state index contributed by atoms with van der Waals surface area (Å²) in [6.45, 7) is 6.03. The van der Waals surface area contributed by atoms with Crippen LogP contribution in [0.25, 0.3) is 0 Å². The molecule has 0 aromatic carbocycles. The van der Waals surface area contributed by atoms with Crippen LogP contribution in [0.3, 0.4) is 0 Å². The van der Waals surface area contributed by atoms with Gasteiger partial charge in [-0.05, 0) is 0 Å². The van der Waals surface area contributed by atoms with Gasteiger partial charge in [0.1, 0.15) is 0 Å². The molecule has 0 atom stereocenters. The van der Waals surface area contributed by atoms with Crippen LogP contribution in [0.15, 0.2) is 0 Å². The first-order valence-corrected chi connectivity index (χ1v) is 8.49. The van der Waals surface area contributed by atoms with E-state index in [1.807, 2.05) is 20.8 Å². The summed E-state index contributed by atoms with van der Waals surface area (Å²) < 4.78 is 0. The molecule has 0 aromatic rings. The van der Waals surface area contributed by atoms with Crippen LogP contribution < -0.4 is 0 Å². The van der Waals surface area contributed by atoms with Crippen LogP contribution in [0.5, 0.6) is 0 Å². The molecule has 2 nitrogen and oxygen atoms in total. The average molecular weight is 320 g/mol. The van der Waals surface area contributed by atoms with Crippen LogP contribution in [0, 0.1) is 5.41 Å². The van der Waals surface area contributed by atoms with Crippen LogP contribution in [-0.4, -0.2) is 15.9 Å². The maximum atomic E-state index is 9.06. The van der Waals surface area contributed by atoms with Crippen LogP contribution in [-0.2, 0) is 18.8 Å². The molecule has 0 aliphatic carbocycles. The molecule has 0 spiro atoms. The third-order valence-corrected chi connectivity index (χ3v) is 3.43. The fourth-order valence-electron chi connectivity index (χ4n) is 0.618. The number of hydrogen-bond donors (Lipinski definition) is 2. The van der Waals surface area contributed by atoms with Crippen molar-refractivity contribution in [3.63, 3.8) is 0 Å². The van der Waals surface area contributed by atoms with E-state index in [0.29, 0.717) is 6.16 Å². The first-order valence-electron chi connectivity index (χ1n) is 2.75. The number of hydrogen-bond acceptors (Lipinski definition) is 2. The molecule has 0 aliphatic rings. The summed E-state index contributed by atoms with van der Waals surface area (Å²) in [5.74, 6) is 0. The Morgan fingerprint density at radius 2 is 1.67 bits per heavy atom. The van der Waals surface area contributed by atoms with Gasteiger partial charge in [0.15, 0.2) is 0 Å². The minimum atomic E-state index is -2.45. The molecule has 0 radical (unpaired) electrons. The second kappa shape index (κ2) is 2.96. The fourth-order valence-corrected chi connectivity index (χ4v) is 6.03. The van der Waals surface area contributed by atoms with Gasteiger partial charge in [-0.3, -0.25) is 0 Å². The van der Waals surface area contributed by atoms with Crippen molar-refractivity contribution >= 4 is 5.35 Å². The molecule has 0 aromatic heterocycles. The van der Waals surface area contributed by atoms with E-state index < -0.39 is 5.35 Å². The normalized spacial score (nSPS) is 13.9. The van der Waals surface area contributed by atoms with Gasteiger partial charge in [0.05, 0.1) is 0 Å². The van der Waals surface area contributed by atoms with Crippen LogP contribution in [0.2, 0.25) is 0 Å². The summed E-state index contributed by atoms with van der Waals surface area (Å²) in [5, 5.41) is -2.45. The Morgan fingerprint density at radius 3 is 1.67 bits per heavy atom. The standard InChI is InChI=1S/C5H13O2P.W/c1-5(2,3)4-8(6)7;/h6-7H,4H2,1-3H3;. The van der Waals surface area contributed by atoms with Gasteiger partial charge in [0.25, 0.3) is 0 Å². The Bertz CT molecular complexity index is 132. The molecule has 4 heteroatoms. The van der Waals surface area contributed by atoms with E-state index in [-0.39, 0.29) is 5.41 Å². The van der Waals surface area contributed by atoms with Gasteiger partial charge < -0.3 is 0 Å². The molecular weight excluding hydrogens is 307 g/mol. The summed E-state index contributed by atoms with van der Waals surface area (Å²) in [4.78, 5) is 18.1. The van der Waals surface area contributed by atoms with Crippen molar-refractivity contribution in [2.45, 2.75) is 20.8 Å². The molecule has 9 heavy (non-hydrogen) atoms. The molecule has 0 saturated heterocycles. The van der Waals surface area contributed by atoms with Gasteiger partial charge in [0, 0.05) is 0 Å². The minimum absolute atomic E-state index is 0.0546. The quantitative estimate of drug-likeness (QED) is 0.716. The van der Waals surface area contributed by atoms with Crippen molar-refractivity contribution in [2.24, 2.45) is 5.41 Å². The maximum absolute atomic E-state index is 9.06. The second-order valence-electron chi connectivity index (χ2n) is 3.38. The molecule has 0 rings (SSSR count). The first kappa shape index (κ1) is 10.0. The zero-order valence-electron chi connectivity index (χ0n) is 5.96. The second-order valence-corrected chi connectivity index (χ2v) is 11.3. The zero-order valence-corrected chi connectivity index (χ0v) is 9.78. The van der Waals surface area contributed by atoms with E-state index in [9.17, 15) is 0 Å². The summed E-state index contributed by atoms with van der Waals surface area (Å²) in [6.07, 6.45) is 0.551. The predicted molar refractivity (Wildman–Crippen MR) is 35.7 cm³/mol. The van der Waals surface area contributed by atoms with Crippen molar-refractivity contribution in [1.82, 2.24) is 0 Å². The Labute approximate surface area is 66.6 Å². The van der Waals surface area contributed by atoms with Crippen molar-refractivity contribution < 1.29 is 28.6 Å². The summed E-state index contributed by atoms with van der Waals surface area (Å²) in [5.41, 5.74) is 0.0546. The Morgan fingerprint density at radius 1 is 1.33 bits per heavy atom. The average Bonchev–Trinajstić information content (AvgIpc) is 1.14. The monoisotopic (exact) mass is 320 g/mol. The van der Waals surface area contributed by atoms with E-state index in [1.165, 1.54) is 0 Å². The van der Waals surface area contributed by atoms with Crippen molar-refractivity contribution in [1.29, 1.82) is 0 Å². The zero-order chi connectivity index (χ0) is 7.71. The van der Waals surface area contributed by atoms with E-state index in [1.54, 1.807) is 0 Å². The third-order valence-electron chi connectivity index (χ3n) is 0.680. The van der Waals surface area contributed by atoms with Crippen molar-refractivity contribution in [2.75, 3.05) is 6.16 Å². The van der Waals surface area contributed by atoms with Crippen molar-refractivity contribution in [3.05, 3.63) is 0 Å². The molecule has 56 valence electrons.